The van der Waals surface area contributed by atoms with Crippen LogP contribution in [0.2, 0.25) is 0 Å². The normalized spacial score (nSPS) is 12.0. The maximum absolute atomic E-state index is 5.30. The van der Waals surface area contributed by atoms with E-state index in [-0.39, 0.29) is 0 Å². The van der Waals surface area contributed by atoms with Crippen molar-refractivity contribution in [1.29, 1.82) is 0 Å². The molecule has 0 aromatic rings. The van der Waals surface area contributed by atoms with Gasteiger partial charge in [-0.15, -0.1) is 0 Å². The number of rotatable bonds is 6. The first-order valence-corrected chi connectivity index (χ1v) is 5.17. The van der Waals surface area contributed by atoms with Crippen LogP contribution in [0.5, 0.6) is 0 Å². The summed E-state index contributed by atoms with van der Waals surface area (Å²) >= 11 is 0. The molecule has 0 aliphatic carbocycles. The molecule has 0 bridgehead atoms. The second-order valence-electron chi connectivity index (χ2n) is 1.96. The second-order valence-corrected chi connectivity index (χ2v) is 4.47. The van der Waals surface area contributed by atoms with Gasteiger partial charge >= 0.3 is 9.05 Å². The first-order chi connectivity index (χ1) is 5.24. The smallest absolute Gasteiger partial charge is 0.355 e. The highest BCUT2D eigenvalue weighted by Gasteiger charge is 2.41. The van der Waals surface area contributed by atoms with Crippen molar-refractivity contribution in [3.63, 3.8) is 0 Å². The van der Waals surface area contributed by atoms with Crippen LogP contribution in [0.25, 0.3) is 0 Å². The molecule has 4 nitrogen and oxygen atoms in total. The average Bonchev–Trinajstić information content (AvgIpc) is 2.08. The molecular weight excluding hydrogens is 164 g/mol. The highest BCUT2D eigenvalue weighted by Crippen LogP contribution is 2.07. The fourth-order valence-electron chi connectivity index (χ4n) is 0.654. The van der Waals surface area contributed by atoms with Gasteiger partial charge in [-0.3, -0.25) is 0 Å². The molecule has 0 saturated carbocycles. The highest BCUT2D eigenvalue weighted by atomic mass is 28.4. The Morgan fingerprint density at radius 2 is 1.45 bits per heavy atom. The van der Waals surface area contributed by atoms with Crippen LogP contribution in [0.4, 0.5) is 0 Å². The van der Waals surface area contributed by atoms with E-state index < -0.39 is 9.05 Å². The van der Waals surface area contributed by atoms with Crippen LogP contribution in [-0.4, -0.2) is 37.0 Å². The van der Waals surface area contributed by atoms with Crippen LogP contribution >= 0.6 is 0 Å². The molecule has 0 N–H and O–H groups in total. The van der Waals surface area contributed by atoms with E-state index in [0.717, 1.165) is 6.42 Å². The number of hydrogen-bond donors (Lipinski definition) is 0. The van der Waals surface area contributed by atoms with Crippen molar-refractivity contribution in [1.82, 2.24) is 0 Å². The van der Waals surface area contributed by atoms with Crippen molar-refractivity contribution >= 4 is 9.05 Å². The molecule has 0 unspecified atom stereocenters. The Bertz CT molecular complexity index is 86.3. The fourth-order valence-corrected chi connectivity index (χ4v) is 1.96. The van der Waals surface area contributed by atoms with Gasteiger partial charge in [0.15, 0.2) is 0 Å². The van der Waals surface area contributed by atoms with Gasteiger partial charge in [0.05, 0.1) is 0 Å². The summed E-state index contributed by atoms with van der Waals surface area (Å²) in [6.07, 6.45) is 0.921. The fraction of sp³-hybridized carbons (Fsp3) is 1.00. The molecule has 0 rings (SSSR count). The molecule has 0 aliphatic rings. The SMILES string of the molecule is CCCO[Si](OC)(OC)OC. The van der Waals surface area contributed by atoms with E-state index in [0.29, 0.717) is 6.61 Å². The van der Waals surface area contributed by atoms with Gasteiger partial charge in [-0.05, 0) is 6.42 Å². The summed E-state index contributed by atoms with van der Waals surface area (Å²) in [5, 5.41) is 0. The number of hydrogen-bond acceptors (Lipinski definition) is 4. The van der Waals surface area contributed by atoms with Crippen molar-refractivity contribution in [2.24, 2.45) is 0 Å². The lowest BCUT2D eigenvalue weighted by Gasteiger charge is -2.22. The maximum Gasteiger partial charge on any atom is 0.678 e. The summed E-state index contributed by atoms with van der Waals surface area (Å²) in [5.74, 6) is 0. The third kappa shape index (κ3) is 3.30. The van der Waals surface area contributed by atoms with Crippen molar-refractivity contribution in [2.45, 2.75) is 13.3 Å². The first-order valence-electron chi connectivity index (χ1n) is 3.54. The summed E-state index contributed by atoms with van der Waals surface area (Å²) in [7, 11) is 1.83. The van der Waals surface area contributed by atoms with Crippen LogP contribution < -0.4 is 0 Å². The first kappa shape index (κ1) is 11.1. The third-order valence-corrected chi connectivity index (χ3v) is 3.29. The van der Waals surface area contributed by atoms with E-state index in [4.69, 9.17) is 17.7 Å². The summed E-state index contributed by atoms with van der Waals surface area (Å²) in [5.41, 5.74) is 0. The predicted molar refractivity (Wildman–Crippen MR) is 43.0 cm³/mol. The molecule has 0 aromatic heterocycles. The van der Waals surface area contributed by atoms with Crippen LogP contribution in [0.1, 0.15) is 13.3 Å². The summed E-state index contributed by atoms with van der Waals surface area (Å²) in [4.78, 5) is 0. The molecule has 0 radical (unpaired) electrons. The molecular formula is C6H16O4Si. The Hall–Kier alpha value is 0.0569. The summed E-state index contributed by atoms with van der Waals surface area (Å²) in [6.45, 7) is 2.61. The lowest BCUT2D eigenvalue weighted by atomic mass is 10.5. The quantitative estimate of drug-likeness (QED) is 0.566. The lowest BCUT2D eigenvalue weighted by Crippen LogP contribution is -2.46. The molecule has 0 spiro atoms. The van der Waals surface area contributed by atoms with E-state index in [9.17, 15) is 0 Å². The maximum atomic E-state index is 5.30. The van der Waals surface area contributed by atoms with Gasteiger partial charge < -0.3 is 17.7 Å². The largest absolute Gasteiger partial charge is 0.678 e. The van der Waals surface area contributed by atoms with Gasteiger partial charge in [0.2, 0.25) is 0 Å². The van der Waals surface area contributed by atoms with Crippen LogP contribution in [0, 0.1) is 0 Å². The van der Waals surface area contributed by atoms with E-state index >= 15 is 0 Å². The Balaban J connectivity index is 3.84. The van der Waals surface area contributed by atoms with E-state index in [1.165, 1.54) is 21.3 Å². The molecule has 0 heterocycles. The molecule has 11 heavy (non-hydrogen) atoms. The average molecular weight is 180 g/mol. The van der Waals surface area contributed by atoms with Gasteiger partial charge in [-0.25, -0.2) is 0 Å². The summed E-state index contributed by atoms with van der Waals surface area (Å²) in [6, 6.07) is 0. The van der Waals surface area contributed by atoms with Gasteiger partial charge in [0, 0.05) is 27.9 Å². The van der Waals surface area contributed by atoms with Crippen molar-refractivity contribution in [2.75, 3.05) is 27.9 Å². The zero-order valence-corrected chi connectivity index (χ0v) is 8.55. The molecule has 0 atom stereocenters. The lowest BCUT2D eigenvalue weighted by molar-refractivity contribution is 0.00610. The molecule has 68 valence electrons. The van der Waals surface area contributed by atoms with E-state index in [1.54, 1.807) is 0 Å². The van der Waals surface area contributed by atoms with Gasteiger partial charge in [0.25, 0.3) is 0 Å². The van der Waals surface area contributed by atoms with Gasteiger partial charge in [-0.2, -0.15) is 0 Å². The van der Waals surface area contributed by atoms with Gasteiger partial charge in [0.1, 0.15) is 0 Å². The van der Waals surface area contributed by atoms with Crippen LogP contribution in [-0.2, 0) is 17.7 Å². The molecule has 0 amide bonds. The standard InChI is InChI=1S/C6H16O4Si/c1-5-6-10-11(7-2,8-3)9-4/h5-6H2,1-4H3. The monoisotopic (exact) mass is 180 g/mol. The van der Waals surface area contributed by atoms with Crippen LogP contribution in [0.3, 0.4) is 0 Å². The molecule has 0 fully saturated rings. The topological polar surface area (TPSA) is 36.9 Å². The van der Waals surface area contributed by atoms with Crippen molar-refractivity contribution in [3.05, 3.63) is 0 Å². The Morgan fingerprint density at radius 1 is 1.00 bits per heavy atom. The minimum absolute atomic E-state index is 0.599. The Labute approximate surface area is 68.9 Å². The van der Waals surface area contributed by atoms with Crippen LogP contribution in [0.15, 0.2) is 0 Å². The van der Waals surface area contributed by atoms with E-state index in [1.807, 2.05) is 6.92 Å². The predicted octanol–water partition coefficient (Wildman–Crippen LogP) is 0.788. The molecule has 0 aliphatic heterocycles. The van der Waals surface area contributed by atoms with Crippen molar-refractivity contribution < 1.29 is 17.7 Å². The summed E-state index contributed by atoms with van der Waals surface area (Å²) < 4.78 is 20.3. The molecule has 0 saturated heterocycles. The van der Waals surface area contributed by atoms with Crippen molar-refractivity contribution in [3.8, 4) is 0 Å². The highest BCUT2D eigenvalue weighted by molar-refractivity contribution is 6.53. The molecule has 0 aromatic carbocycles. The minimum Gasteiger partial charge on any atom is -0.355 e. The second kappa shape index (κ2) is 5.67. The van der Waals surface area contributed by atoms with E-state index in [2.05, 4.69) is 0 Å². The Kier molecular flexibility index (Phi) is 5.70. The minimum atomic E-state index is -2.74. The third-order valence-electron chi connectivity index (χ3n) is 1.23. The zero-order chi connectivity index (χ0) is 8.74. The molecule has 5 heteroatoms. The Morgan fingerprint density at radius 3 is 1.73 bits per heavy atom. The van der Waals surface area contributed by atoms with Gasteiger partial charge in [-0.1, -0.05) is 6.92 Å². The zero-order valence-electron chi connectivity index (χ0n) is 7.55.